The Labute approximate surface area is 89.6 Å². The van der Waals surface area contributed by atoms with Gasteiger partial charge in [0.25, 0.3) is 0 Å². The lowest BCUT2D eigenvalue weighted by Gasteiger charge is -2.01. The van der Waals surface area contributed by atoms with Gasteiger partial charge in [0.05, 0.1) is 6.61 Å². The summed E-state index contributed by atoms with van der Waals surface area (Å²) in [4.78, 5) is 15.2. The first-order chi connectivity index (χ1) is 7.27. The van der Waals surface area contributed by atoms with E-state index in [2.05, 4.69) is 4.98 Å². The minimum atomic E-state index is -0.296. The third kappa shape index (κ3) is 3.58. The average Bonchev–Trinajstić information content (AvgIpc) is 2.66. The Morgan fingerprint density at radius 1 is 1.60 bits per heavy atom. The zero-order valence-electron chi connectivity index (χ0n) is 9.14. The molecule has 0 bridgehead atoms. The molecular formula is C11H16N2O2. The van der Waals surface area contributed by atoms with Crippen molar-refractivity contribution in [3.05, 3.63) is 30.4 Å². The number of carbonyl (C=O) groups excluding carboxylic acids is 1. The number of ether oxygens (including phenoxy) is 1. The van der Waals surface area contributed by atoms with Gasteiger partial charge >= 0.3 is 5.97 Å². The molecule has 0 spiro atoms. The number of hydrogen-bond donors (Lipinski definition) is 0. The van der Waals surface area contributed by atoms with E-state index in [1.165, 1.54) is 6.08 Å². The second-order valence-electron chi connectivity index (χ2n) is 3.00. The monoisotopic (exact) mass is 208 g/mol. The van der Waals surface area contributed by atoms with Crippen molar-refractivity contribution in [3.8, 4) is 0 Å². The van der Waals surface area contributed by atoms with Crippen molar-refractivity contribution in [2.75, 3.05) is 6.61 Å². The number of aryl methyl sites for hydroxylation is 1. The van der Waals surface area contributed by atoms with Crippen molar-refractivity contribution >= 4 is 5.97 Å². The summed E-state index contributed by atoms with van der Waals surface area (Å²) in [5.74, 6) is 0.721. The maximum Gasteiger partial charge on any atom is 0.330 e. The Morgan fingerprint density at radius 2 is 2.40 bits per heavy atom. The van der Waals surface area contributed by atoms with Gasteiger partial charge in [0, 0.05) is 31.4 Å². The maximum atomic E-state index is 11.0. The fourth-order valence-corrected chi connectivity index (χ4v) is 1.27. The van der Waals surface area contributed by atoms with Crippen LogP contribution in [0.2, 0.25) is 0 Å². The van der Waals surface area contributed by atoms with E-state index in [1.807, 2.05) is 17.7 Å². The number of nitrogens with zero attached hydrogens (tertiary/aromatic N) is 2. The van der Waals surface area contributed by atoms with E-state index in [0.717, 1.165) is 12.2 Å². The molecule has 0 saturated carbocycles. The minimum absolute atomic E-state index is 0.296. The molecule has 0 radical (unpaired) electrons. The van der Waals surface area contributed by atoms with E-state index >= 15 is 0 Å². The third-order valence-corrected chi connectivity index (χ3v) is 1.96. The van der Waals surface area contributed by atoms with Gasteiger partial charge < -0.3 is 9.30 Å². The molecule has 0 aliphatic rings. The van der Waals surface area contributed by atoms with Crippen LogP contribution in [0.3, 0.4) is 0 Å². The normalized spacial score (nSPS) is 10.8. The topological polar surface area (TPSA) is 44.1 Å². The molecule has 0 N–H and O–H groups in total. The zero-order chi connectivity index (χ0) is 11.1. The Morgan fingerprint density at radius 3 is 3.07 bits per heavy atom. The number of aromatic nitrogens is 2. The largest absolute Gasteiger partial charge is 0.463 e. The van der Waals surface area contributed by atoms with Crippen LogP contribution in [0.25, 0.3) is 0 Å². The van der Waals surface area contributed by atoms with E-state index < -0.39 is 0 Å². The molecule has 0 fully saturated rings. The van der Waals surface area contributed by atoms with Gasteiger partial charge in [0.2, 0.25) is 0 Å². The number of esters is 1. The first kappa shape index (κ1) is 11.5. The molecule has 0 aliphatic carbocycles. The molecule has 1 rings (SSSR count). The van der Waals surface area contributed by atoms with E-state index in [-0.39, 0.29) is 5.97 Å². The van der Waals surface area contributed by atoms with E-state index in [4.69, 9.17) is 4.74 Å². The van der Waals surface area contributed by atoms with E-state index in [0.29, 0.717) is 13.2 Å². The molecular weight excluding hydrogens is 192 g/mol. The Kier molecular flexibility index (Phi) is 4.60. The Bertz CT molecular complexity index is 342. The van der Waals surface area contributed by atoms with Crippen LogP contribution in [0, 0.1) is 0 Å². The quantitative estimate of drug-likeness (QED) is 0.545. The second-order valence-corrected chi connectivity index (χ2v) is 3.00. The predicted octanol–water partition coefficient (Wildman–Crippen LogP) is 1.56. The summed E-state index contributed by atoms with van der Waals surface area (Å²) in [7, 11) is 0. The summed E-state index contributed by atoms with van der Waals surface area (Å²) in [6.07, 6.45) is 7.77. The Hall–Kier alpha value is -1.58. The van der Waals surface area contributed by atoms with E-state index in [1.54, 1.807) is 19.2 Å². The van der Waals surface area contributed by atoms with Crippen molar-refractivity contribution in [2.45, 2.75) is 26.8 Å². The number of hydrogen-bond acceptors (Lipinski definition) is 3. The third-order valence-electron chi connectivity index (χ3n) is 1.96. The Balaban J connectivity index is 2.46. The summed E-state index contributed by atoms with van der Waals surface area (Å²) >= 11 is 0. The van der Waals surface area contributed by atoms with Crippen molar-refractivity contribution in [1.82, 2.24) is 9.55 Å². The molecule has 4 heteroatoms. The van der Waals surface area contributed by atoms with Crippen LogP contribution < -0.4 is 0 Å². The van der Waals surface area contributed by atoms with Crippen molar-refractivity contribution in [2.24, 2.45) is 0 Å². The lowest BCUT2D eigenvalue weighted by Crippen LogP contribution is -2.02. The van der Waals surface area contributed by atoms with Gasteiger partial charge in [-0.3, -0.25) is 0 Å². The molecule has 4 nitrogen and oxygen atoms in total. The van der Waals surface area contributed by atoms with Crippen LogP contribution in [-0.2, 0) is 22.5 Å². The van der Waals surface area contributed by atoms with Gasteiger partial charge in [-0.15, -0.1) is 0 Å². The number of allylic oxidation sites excluding steroid dienone is 1. The van der Waals surface area contributed by atoms with Crippen LogP contribution in [0.5, 0.6) is 0 Å². The molecule has 0 atom stereocenters. The lowest BCUT2D eigenvalue weighted by molar-refractivity contribution is -0.137. The molecule has 0 saturated heterocycles. The van der Waals surface area contributed by atoms with Crippen LogP contribution in [0.4, 0.5) is 0 Å². The van der Waals surface area contributed by atoms with Gasteiger partial charge in [-0.1, -0.05) is 13.0 Å². The SMILES string of the molecule is CCOC(=O)/C=C/Cn1ccnc1CC. The summed E-state index contributed by atoms with van der Waals surface area (Å²) in [6, 6.07) is 0. The molecule has 1 aromatic heterocycles. The van der Waals surface area contributed by atoms with Crippen LogP contribution >= 0.6 is 0 Å². The summed E-state index contributed by atoms with van der Waals surface area (Å²) in [5, 5.41) is 0. The summed E-state index contributed by atoms with van der Waals surface area (Å²) < 4.78 is 6.76. The van der Waals surface area contributed by atoms with Gasteiger partial charge in [0.1, 0.15) is 5.82 Å². The summed E-state index contributed by atoms with van der Waals surface area (Å²) in [6.45, 7) is 4.90. The van der Waals surface area contributed by atoms with Crippen LogP contribution in [-0.4, -0.2) is 22.1 Å². The van der Waals surface area contributed by atoms with Crippen LogP contribution in [0.1, 0.15) is 19.7 Å². The van der Waals surface area contributed by atoms with Crippen molar-refractivity contribution < 1.29 is 9.53 Å². The smallest absolute Gasteiger partial charge is 0.330 e. The molecule has 15 heavy (non-hydrogen) atoms. The first-order valence-corrected chi connectivity index (χ1v) is 5.11. The molecule has 0 amide bonds. The molecule has 1 heterocycles. The lowest BCUT2D eigenvalue weighted by atomic mass is 10.4. The van der Waals surface area contributed by atoms with Gasteiger partial charge in [0.15, 0.2) is 0 Å². The fraction of sp³-hybridized carbons (Fsp3) is 0.455. The van der Waals surface area contributed by atoms with Crippen molar-refractivity contribution in [3.63, 3.8) is 0 Å². The number of rotatable bonds is 5. The number of carbonyl (C=O) groups is 1. The minimum Gasteiger partial charge on any atom is -0.463 e. The van der Waals surface area contributed by atoms with Gasteiger partial charge in [-0.25, -0.2) is 9.78 Å². The fourth-order valence-electron chi connectivity index (χ4n) is 1.27. The van der Waals surface area contributed by atoms with Crippen molar-refractivity contribution in [1.29, 1.82) is 0 Å². The average molecular weight is 208 g/mol. The van der Waals surface area contributed by atoms with Gasteiger partial charge in [-0.2, -0.15) is 0 Å². The molecule has 0 aromatic carbocycles. The highest BCUT2D eigenvalue weighted by Crippen LogP contribution is 1.98. The molecule has 0 aliphatic heterocycles. The highest BCUT2D eigenvalue weighted by molar-refractivity contribution is 5.81. The zero-order valence-corrected chi connectivity index (χ0v) is 9.14. The van der Waals surface area contributed by atoms with Gasteiger partial charge in [-0.05, 0) is 6.92 Å². The molecule has 82 valence electrons. The predicted molar refractivity (Wildman–Crippen MR) is 57.4 cm³/mol. The number of imidazole rings is 1. The first-order valence-electron chi connectivity index (χ1n) is 5.11. The van der Waals surface area contributed by atoms with E-state index in [9.17, 15) is 4.79 Å². The highest BCUT2D eigenvalue weighted by Gasteiger charge is 1.97. The highest BCUT2D eigenvalue weighted by atomic mass is 16.5. The molecule has 0 unspecified atom stereocenters. The standard InChI is InChI=1S/C11H16N2O2/c1-3-10-12-7-9-13(10)8-5-6-11(14)15-4-2/h5-7,9H,3-4,8H2,1-2H3/b6-5+. The maximum absolute atomic E-state index is 11.0. The second kappa shape index (κ2) is 6.01. The molecule has 1 aromatic rings. The van der Waals surface area contributed by atoms with Crippen LogP contribution in [0.15, 0.2) is 24.5 Å². The summed E-state index contributed by atoms with van der Waals surface area (Å²) in [5.41, 5.74) is 0.